The number of carbonyl (C=O) groups is 1. The maximum atomic E-state index is 10.7. The lowest BCUT2D eigenvalue weighted by atomic mass is 10.3. The van der Waals surface area contributed by atoms with Crippen LogP contribution < -0.4 is 5.48 Å². The van der Waals surface area contributed by atoms with Gasteiger partial charge in [0.05, 0.1) is 40.9 Å². The third kappa shape index (κ3) is 17.0. The van der Waals surface area contributed by atoms with Crippen LogP contribution in [-0.2, 0) is 24.2 Å². The molecule has 0 aromatic heterocycles. The van der Waals surface area contributed by atoms with E-state index in [-0.39, 0.29) is 5.91 Å². The van der Waals surface area contributed by atoms with E-state index >= 15 is 0 Å². The normalized spacial score (nSPS) is 11.2. The van der Waals surface area contributed by atoms with Crippen molar-refractivity contribution >= 4 is 16.3 Å². The first-order valence-corrected chi connectivity index (χ1v) is 7.29. The van der Waals surface area contributed by atoms with Crippen LogP contribution in [0.5, 0.6) is 0 Å². The van der Waals surface area contributed by atoms with Crippen LogP contribution in [-0.4, -0.2) is 64.3 Å². The van der Waals surface area contributed by atoms with Crippen molar-refractivity contribution in [2.75, 3.05) is 40.9 Å². The standard InChI is InChI=1S/C10H20N2O2.CH4O4S/c1-5-10(13)11-14-9-7-8-12(3,4)6-2;1-5-6(2,3)4/h5H,1,6-9H2,2-4H3;1H3,(H,2,3,4). The monoisotopic (exact) mass is 312 g/mol. The summed E-state index contributed by atoms with van der Waals surface area (Å²) in [6.07, 6.45) is 2.12. The average molecular weight is 312 g/mol. The molecule has 0 spiro atoms. The molecular formula is C11H24N2O6S. The zero-order valence-corrected chi connectivity index (χ0v) is 13.2. The Morgan fingerprint density at radius 3 is 2.30 bits per heavy atom. The van der Waals surface area contributed by atoms with E-state index in [0.29, 0.717) is 6.61 Å². The summed E-state index contributed by atoms with van der Waals surface area (Å²) in [7, 11) is 0.734. The number of hydrogen-bond donors (Lipinski definition) is 1. The number of hydroxylamine groups is 1. The molecule has 0 rings (SSSR count). The van der Waals surface area contributed by atoms with Crippen molar-refractivity contribution in [3.8, 4) is 0 Å². The maximum Gasteiger partial charge on any atom is 0.266 e. The topological polar surface area (TPSA) is 105 Å². The molecule has 9 heteroatoms. The van der Waals surface area contributed by atoms with Crippen LogP contribution in [0.2, 0.25) is 0 Å². The van der Waals surface area contributed by atoms with E-state index in [2.05, 4.69) is 37.3 Å². The van der Waals surface area contributed by atoms with Crippen LogP contribution in [0.1, 0.15) is 13.3 Å². The number of hydrogen-bond acceptors (Lipinski definition) is 6. The van der Waals surface area contributed by atoms with Gasteiger partial charge in [0.1, 0.15) is 0 Å². The molecule has 0 atom stereocenters. The van der Waals surface area contributed by atoms with E-state index in [1.54, 1.807) is 0 Å². The van der Waals surface area contributed by atoms with Gasteiger partial charge in [0.15, 0.2) is 0 Å². The number of nitrogens with one attached hydrogen (secondary N) is 1. The molecule has 0 aromatic carbocycles. The molecule has 20 heavy (non-hydrogen) atoms. The predicted molar refractivity (Wildman–Crippen MR) is 73.1 cm³/mol. The van der Waals surface area contributed by atoms with Crippen LogP contribution in [0.4, 0.5) is 0 Å². The Labute approximate surface area is 120 Å². The van der Waals surface area contributed by atoms with E-state index in [9.17, 15) is 17.8 Å². The summed E-state index contributed by atoms with van der Waals surface area (Å²) in [5.41, 5.74) is 2.27. The number of quaternary nitrogens is 1. The van der Waals surface area contributed by atoms with Gasteiger partial charge < -0.3 is 9.04 Å². The first kappa shape index (κ1) is 21.3. The quantitative estimate of drug-likeness (QED) is 0.166. The van der Waals surface area contributed by atoms with Crippen molar-refractivity contribution in [3.63, 3.8) is 0 Å². The minimum atomic E-state index is -4.41. The van der Waals surface area contributed by atoms with Crippen LogP contribution in [0.15, 0.2) is 12.7 Å². The van der Waals surface area contributed by atoms with Gasteiger partial charge in [-0.2, -0.15) is 0 Å². The fourth-order valence-corrected chi connectivity index (χ4v) is 0.887. The molecule has 0 heterocycles. The molecule has 0 saturated carbocycles. The lowest BCUT2D eigenvalue weighted by Crippen LogP contribution is -2.40. The molecule has 0 radical (unpaired) electrons. The molecule has 0 fully saturated rings. The van der Waals surface area contributed by atoms with Gasteiger partial charge in [0.2, 0.25) is 10.4 Å². The highest BCUT2D eigenvalue weighted by Gasteiger charge is 2.10. The van der Waals surface area contributed by atoms with Gasteiger partial charge in [0.25, 0.3) is 5.91 Å². The largest absolute Gasteiger partial charge is 0.726 e. The summed E-state index contributed by atoms with van der Waals surface area (Å²) >= 11 is 0. The Morgan fingerprint density at radius 1 is 1.45 bits per heavy atom. The Morgan fingerprint density at radius 2 is 1.95 bits per heavy atom. The van der Waals surface area contributed by atoms with E-state index in [1.165, 1.54) is 6.08 Å². The van der Waals surface area contributed by atoms with Crippen molar-refractivity contribution in [3.05, 3.63) is 12.7 Å². The van der Waals surface area contributed by atoms with Gasteiger partial charge >= 0.3 is 0 Å². The molecule has 0 aliphatic carbocycles. The fourth-order valence-electron chi connectivity index (χ4n) is 0.887. The van der Waals surface area contributed by atoms with Crippen molar-refractivity contribution in [1.29, 1.82) is 0 Å². The molecule has 0 saturated heterocycles. The van der Waals surface area contributed by atoms with E-state index < -0.39 is 10.4 Å². The van der Waals surface area contributed by atoms with Gasteiger partial charge in [-0.3, -0.25) is 13.8 Å². The van der Waals surface area contributed by atoms with Gasteiger partial charge in [-0.25, -0.2) is 13.9 Å². The summed E-state index contributed by atoms with van der Waals surface area (Å²) in [5, 5.41) is 0. The molecule has 8 nitrogen and oxygen atoms in total. The molecule has 0 bridgehead atoms. The van der Waals surface area contributed by atoms with Gasteiger partial charge in [-0.1, -0.05) is 6.58 Å². The SMILES string of the molecule is C=CC(=O)NOCCC[N+](C)(C)CC.COS(=O)(=O)[O-]. The fraction of sp³-hybridized carbons (Fsp3) is 0.727. The predicted octanol–water partition coefficient (Wildman–Crippen LogP) is -0.200. The molecule has 0 unspecified atom stereocenters. The van der Waals surface area contributed by atoms with Crippen molar-refractivity contribution in [2.45, 2.75) is 13.3 Å². The van der Waals surface area contributed by atoms with Crippen molar-refractivity contribution < 1.29 is 31.3 Å². The zero-order chi connectivity index (χ0) is 16.2. The van der Waals surface area contributed by atoms with Gasteiger partial charge in [-0.05, 0) is 13.0 Å². The number of nitrogens with zero attached hydrogens (tertiary/aromatic N) is 1. The molecule has 0 aliphatic heterocycles. The zero-order valence-electron chi connectivity index (χ0n) is 12.4. The lowest BCUT2D eigenvalue weighted by molar-refractivity contribution is -0.888. The minimum absolute atomic E-state index is 0.297. The Kier molecular flexibility index (Phi) is 11.4. The van der Waals surface area contributed by atoms with Crippen molar-refractivity contribution in [1.82, 2.24) is 5.48 Å². The summed E-state index contributed by atoms with van der Waals surface area (Å²) in [6.45, 7) is 8.15. The molecular weight excluding hydrogens is 288 g/mol. The van der Waals surface area contributed by atoms with Crippen LogP contribution in [0, 0.1) is 0 Å². The Balaban J connectivity index is 0. The third-order valence-corrected chi connectivity index (χ3v) is 2.84. The smallest absolute Gasteiger partial charge is 0.266 e. The third-order valence-electron chi connectivity index (χ3n) is 2.43. The van der Waals surface area contributed by atoms with Gasteiger partial charge in [-0.15, -0.1) is 0 Å². The number of rotatable bonds is 8. The Bertz CT molecular complexity index is 380. The maximum absolute atomic E-state index is 10.7. The first-order chi connectivity index (χ1) is 9.08. The second-order valence-electron chi connectivity index (χ2n) is 4.42. The molecule has 0 aliphatic rings. The molecule has 1 amide bonds. The second kappa shape index (κ2) is 10.7. The van der Waals surface area contributed by atoms with Crippen LogP contribution >= 0.6 is 0 Å². The summed E-state index contributed by atoms with van der Waals surface area (Å²) in [6, 6.07) is 0. The molecule has 1 N–H and O–H groups in total. The number of carbonyl (C=O) groups excluding carboxylic acids is 1. The molecule has 120 valence electrons. The average Bonchev–Trinajstić information content (AvgIpc) is 2.37. The summed E-state index contributed by atoms with van der Waals surface area (Å²) < 4.78 is 32.0. The minimum Gasteiger partial charge on any atom is -0.726 e. The van der Waals surface area contributed by atoms with Crippen molar-refractivity contribution in [2.24, 2.45) is 0 Å². The number of amides is 1. The highest BCUT2D eigenvalue weighted by molar-refractivity contribution is 7.80. The highest BCUT2D eigenvalue weighted by Crippen LogP contribution is 1.97. The van der Waals surface area contributed by atoms with E-state index in [4.69, 9.17) is 4.84 Å². The van der Waals surface area contributed by atoms with Crippen LogP contribution in [0.25, 0.3) is 0 Å². The highest BCUT2D eigenvalue weighted by atomic mass is 32.3. The summed E-state index contributed by atoms with van der Waals surface area (Å²) in [4.78, 5) is 15.6. The van der Waals surface area contributed by atoms with E-state index in [0.717, 1.165) is 31.1 Å². The second-order valence-corrected chi connectivity index (χ2v) is 5.57. The first-order valence-electron chi connectivity index (χ1n) is 5.95. The summed E-state index contributed by atoms with van der Waals surface area (Å²) in [5.74, 6) is -0.297. The van der Waals surface area contributed by atoms with Crippen LogP contribution in [0.3, 0.4) is 0 Å². The van der Waals surface area contributed by atoms with E-state index in [1.807, 2.05) is 0 Å². The van der Waals surface area contributed by atoms with Gasteiger partial charge in [0, 0.05) is 6.42 Å². The Hall–Kier alpha value is -1.00. The molecule has 0 aromatic rings. The lowest BCUT2D eigenvalue weighted by Gasteiger charge is -2.27.